The molecule has 0 aromatic carbocycles. The summed E-state index contributed by atoms with van der Waals surface area (Å²) in [4.78, 5) is 3.34. The van der Waals surface area contributed by atoms with Gasteiger partial charge in [-0.05, 0) is 68.6 Å². The highest BCUT2D eigenvalue weighted by Gasteiger charge is 2.49. The van der Waals surface area contributed by atoms with Gasteiger partial charge in [-0.15, -0.1) is 0 Å². The number of nitrogens with zero attached hydrogens (tertiary/aromatic N) is 2. The molecule has 3 heteroatoms. The molecular formula is C18H20N2O. The van der Waals surface area contributed by atoms with Gasteiger partial charge in [0.1, 0.15) is 5.76 Å². The second-order valence-corrected chi connectivity index (χ2v) is 6.98. The van der Waals surface area contributed by atoms with E-state index in [0.717, 1.165) is 30.8 Å². The number of ether oxygens (including phenoxy) is 1. The van der Waals surface area contributed by atoms with Crippen molar-refractivity contribution in [1.29, 1.82) is 5.26 Å². The molecule has 0 amide bonds. The molecule has 21 heavy (non-hydrogen) atoms. The van der Waals surface area contributed by atoms with E-state index in [-0.39, 0.29) is 11.1 Å². The van der Waals surface area contributed by atoms with Gasteiger partial charge in [0.05, 0.1) is 18.4 Å². The van der Waals surface area contributed by atoms with Crippen LogP contribution in [0.4, 0.5) is 0 Å². The molecule has 4 aliphatic rings. The summed E-state index contributed by atoms with van der Waals surface area (Å²) in [6.07, 6.45) is 11.0. The van der Waals surface area contributed by atoms with Gasteiger partial charge in [-0.1, -0.05) is 6.92 Å². The minimum Gasteiger partial charge on any atom is -0.466 e. The molecule has 2 bridgehead atoms. The summed E-state index contributed by atoms with van der Waals surface area (Å²) in [5, 5.41) is 9.10. The van der Waals surface area contributed by atoms with E-state index in [9.17, 15) is 0 Å². The van der Waals surface area contributed by atoms with E-state index in [0.29, 0.717) is 11.0 Å². The summed E-state index contributed by atoms with van der Waals surface area (Å²) in [6.45, 7) is 11.4. The van der Waals surface area contributed by atoms with E-state index in [1.807, 2.05) is 19.1 Å². The van der Waals surface area contributed by atoms with Crippen LogP contribution < -0.4 is 0 Å². The highest BCUT2D eigenvalue weighted by atomic mass is 16.5. The fourth-order valence-corrected chi connectivity index (χ4v) is 3.93. The molecule has 3 nitrogen and oxygen atoms in total. The lowest BCUT2D eigenvalue weighted by molar-refractivity contribution is -0.00366. The van der Waals surface area contributed by atoms with E-state index in [4.69, 9.17) is 16.6 Å². The van der Waals surface area contributed by atoms with Crippen LogP contribution in [-0.4, -0.2) is 0 Å². The normalized spacial score (nSPS) is 36.8. The minimum absolute atomic E-state index is 0.126. The van der Waals surface area contributed by atoms with E-state index in [1.165, 1.54) is 19.3 Å². The zero-order valence-corrected chi connectivity index (χ0v) is 12.7. The van der Waals surface area contributed by atoms with E-state index < -0.39 is 0 Å². The molecule has 3 aliphatic carbocycles. The van der Waals surface area contributed by atoms with Gasteiger partial charge in [0.25, 0.3) is 5.70 Å². The van der Waals surface area contributed by atoms with Crippen molar-refractivity contribution in [1.82, 2.24) is 0 Å². The summed E-state index contributed by atoms with van der Waals surface area (Å²) in [5.41, 5.74) is 1.51. The first-order valence-electron chi connectivity index (χ1n) is 7.61. The summed E-state index contributed by atoms with van der Waals surface area (Å²) in [7, 11) is 0. The summed E-state index contributed by atoms with van der Waals surface area (Å²) in [6, 6.07) is 1.99. The highest BCUT2D eigenvalue weighted by Crippen LogP contribution is 2.60. The van der Waals surface area contributed by atoms with Gasteiger partial charge in [-0.25, -0.2) is 10.1 Å². The topological polar surface area (TPSA) is 37.4 Å². The first-order valence-corrected chi connectivity index (χ1v) is 7.61. The fourth-order valence-electron chi connectivity index (χ4n) is 3.93. The third-order valence-corrected chi connectivity index (χ3v) is 5.55. The van der Waals surface area contributed by atoms with Gasteiger partial charge in [0, 0.05) is 5.41 Å². The molecule has 0 N–H and O–H groups in total. The molecule has 3 saturated carbocycles. The molecule has 0 aromatic rings. The molecule has 3 fully saturated rings. The highest BCUT2D eigenvalue weighted by molar-refractivity contribution is 5.49. The average Bonchev–Trinajstić information content (AvgIpc) is 2.49. The zero-order chi connectivity index (χ0) is 15.1. The maximum Gasteiger partial charge on any atom is 0.269 e. The van der Waals surface area contributed by atoms with Crippen LogP contribution in [0.25, 0.3) is 4.85 Å². The van der Waals surface area contributed by atoms with Crippen LogP contribution in [0.1, 0.15) is 52.4 Å². The van der Waals surface area contributed by atoms with Crippen LogP contribution in [0.2, 0.25) is 0 Å². The SMILES string of the molecule is [C-]#[N+]/C(C#N)=C1\C=C(C)OC(C23CCC(C)(CC2)CC3)=C1. The van der Waals surface area contributed by atoms with Crippen LogP contribution in [0.5, 0.6) is 0 Å². The number of allylic oxidation sites excluding steroid dienone is 6. The quantitative estimate of drug-likeness (QED) is 0.508. The Morgan fingerprint density at radius 3 is 2.38 bits per heavy atom. The monoisotopic (exact) mass is 280 g/mol. The lowest BCUT2D eigenvalue weighted by Gasteiger charge is -2.52. The third-order valence-electron chi connectivity index (χ3n) is 5.55. The molecule has 0 aromatic heterocycles. The fraction of sp³-hybridized carbons (Fsp3) is 0.556. The van der Waals surface area contributed by atoms with E-state index in [2.05, 4.69) is 11.8 Å². The molecule has 0 unspecified atom stereocenters. The number of nitriles is 1. The number of fused-ring (bicyclic) bond motifs is 3. The number of hydrogen-bond donors (Lipinski definition) is 0. The Bertz CT molecular complexity index is 611. The van der Waals surface area contributed by atoms with Crippen LogP contribution in [-0.2, 0) is 4.74 Å². The predicted octanol–water partition coefficient (Wildman–Crippen LogP) is 4.86. The van der Waals surface area contributed by atoms with Crippen molar-refractivity contribution >= 4 is 0 Å². The molecule has 1 aliphatic heterocycles. The number of rotatable bonds is 1. The molecule has 0 spiro atoms. The molecule has 0 radical (unpaired) electrons. The summed E-state index contributed by atoms with van der Waals surface area (Å²) in [5.74, 6) is 1.77. The standard InChI is InChI=1S/C18H20N2O/c1-13-10-14(15(12-19)20-3)11-16(21-13)18-7-4-17(2,5-8-18)6-9-18/h10-11H,4-9H2,1-2H3/b15-14+. The summed E-state index contributed by atoms with van der Waals surface area (Å²) >= 11 is 0. The van der Waals surface area contributed by atoms with Crippen molar-refractivity contribution in [2.75, 3.05) is 0 Å². The van der Waals surface area contributed by atoms with Gasteiger partial charge >= 0.3 is 0 Å². The Kier molecular flexibility index (Phi) is 3.18. The molecule has 1 heterocycles. The molecule has 108 valence electrons. The Balaban J connectivity index is 1.99. The smallest absolute Gasteiger partial charge is 0.269 e. The van der Waals surface area contributed by atoms with Crippen LogP contribution in [0.3, 0.4) is 0 Å². The first-order chi connectivity index (χ1) is 10.0. The van der Waals surface area contributed by atoms with E-state index in [1.54, 1.807) is 6.08 Å². The van der Waals surface area contributed by atoms with Gasteiger partial charge in [0.2, 0.25) is 0 Å². The average molecular weight is 280 g/mol. The second-order valence-electron chi connectivity index (χ2n) is 6.98. The summed E-state index contributed by atoms with van der Waals surface area (Å²) < 4.78 is 6.02. The lowest BCUT2D eigenvalue weighted by atomic mass is 9.53. The van der Waals surface area contributed by atoms with Crippen LogP contribution in [0.15, 0.2) is 34.9 Å². The molecule has 4 rings (SSSR count). The lowest BCUT2D eigenvalue weighted by Crippen LogP contribution is -2.41. The first kappa shape index (κ1) is 14.0. The van der Waals surface area contributed by atoms with Gasteiger partial charge in [0.15, 0.2) is 0 Å². The molecule has 0 atom stereocenters. The van der Waals surface area contributed by atoms with Gasteiger partial charge < -0.3 is 4.74 Å². The van der Waals surface area contributed by atoms with Crippen molar-refractivity contribution in [3.05, 3.63) is 46.4 Å². The van der Waals surface area contributed by atoms with Gasteiger partial charge in [-0.3, -0.25) is 0 Å². The van der Waals surface area contributed by atoms with Crippen molar-refractivity contribution in [2.24, 2.45) is 10.8 Å². The Morgan fingerprint density at radius 2 is 1.86 bits per heavy atom. The van der Waals surface area contributed by atoms with Crippen LogP contribution in [0, 0.1) is 28.7 Å². The van der Waals surface area contributed by atoms with Crippen LogP contribution >= 0.6 is 0 Å². The predicted molar refractivity (Wildman–Crippen MR) is 80.4 cm³/mol. The van der Waals surface area contributed by atoms with Crippen molar-refractivity contribution in [3.63, 3.8) is 0 Å². The Labute approximate surface area is 126 Å². The maximum absolute atomic E-state index is 9.10. The Hall–Kier alpha value is -2.00. The van der Waals surface area contributed by atoms with E-state index >= 15 is 0 Å². The molecule has 0 saturated heterocycles. The minimum atomic E-state index is 0.126. The zero-order valence-electron chi connectivity index (χ0n) is 12.7. The molecular weight excluding hydrogens is 260 g/mol. The van der Waals surface area contributed by atoms with Crippen molar-refractivity contribution < 1.29 is 4.74 Å². The van der Waals surface area contributed by atoms with Gasteiger partial charge in [-0.2, -0.15) is 0 Å². The second kappa shape index (κ2) is 4.78. The van der Waals surface area contributed by atoms with Crippen molar-refractivity contribution in [2.45, 2.75) is 52.4 Å². The third kappa shape index (κ3) is 2.28. The largest absolute Gasteiger partial charge is 0.466 e. The number of hydrogen-bond acceptors (Lipinski definition) is 2. The maximum atomic E-state index is 9.10. The van der Waals surface area contributed by atoms with Crippen molar-refractivity contribution in [3.8, 4) is 6.07 Å². The Morgan fingerprint density at radius 1 is 1.24 bits per heavy atom.